The lowest BCUT2D eigenvalue weighted by Gasteiger charge is -2.26. The Balaban J connectivity index is 1.46. The van der Waals surface area contributed by atoms with Crippen molar-refractivity contribution < 1.29 is 19.5 Å². The van der Waals surface area contributed by atoms with Crippen LogP contribution in [0.15, 0.2) is 54.6 Å². The number of anilines is 4. The SMILES string of the molecule is Cc1cccc(C(=O)Nc2ccc(N3C(=O)CC(=O)Nc4c3ccc3c4CCCC3)cc2)c1O. The third kappa shape index (κ3) is 3.90. The number of phenols is 1. The lowest BCUT2D eigenvalue weighted by atomic mass is 9.89. The zero-order valence-corrected chi connectivity index (χ0v) is 18.9. The zero-order valence-electron chi connectivity index (χ0n) is 18.9. The minimum atomic E-state index is -0.424. The molecule has 0 saturated carbocycles. The lowest BCUT2D eigenvalue weighted by molar-refractivity contribution is -0.124. The Morgan fingerprint density at radius 2 is 1.76 bits per heavy atom. The molecular weight excluding hydrogens is 430 g/mol. The predicted octanol–water partition coefficient (Wildman–Crippen LogP) is 4.84. The Morgan fingerprint density at radius 3 is 2.56 bits per heavy atom. The molecular formula is C27H25N3O4. The highest BCUT2D eigenvalue weighted by Crippen LogP contribution is 2.41. The van der Waals surface area contributed by atoms with Gasteiger partial charge < -0.3 is 15.7 Å². The number of aryl methyl sites for hydroxylation is 2. The minimum Gasteiger partial charge on any atom is -0.507 e. The van der Waals surface area contributed by atoms with Gasteiger partial charge in [-0.25, -0.2) is 0 Å². The Hall–Kier alpha value is -4.13. The number of nitrogens with zero attached hydrogens (tertiary/aromatic N) is 1. The molecule has 34 heavy (non-hydrogen) atoms. The van der Waals surface area contributed by atoms with E-state index in [9.17, 15) is 19.5 Å². The molecule has 0 spiro atoms. The number of rotatable bonds is 3. The molecule has 0 bridgehead atoms. The van der Waals surface area contributed by atoms with E-state index >= 15 is 0 Å². The molecule has 5 rings (SSSR count). The molecule has 172 valence electrons. The molecule has 3 aromatic rings. The lowest BCUT2D eigenvalue weighted by Crippen LogP contribution is -2.26. The van der Waals surface area contributed by atoms with Gasteiger partial charge in [-0.05, 0) is 85.7 Å². The van der Waals surface area contributed by atoms with Crippen molar-refractivity contribution in [1.29, 1.82) is 0 Å². The van der Waals surface area contributed by atoms with E-state index in [0.29, 0.717) is 22.6 Å². The highest BCUT2D eigenvalue weighted by molar-refractivity contribution is 6.18. The van der Waals surface area contributed by atoms with E-state index in [1.807, 2.05) is 12.1 Å². The normalized spacial score (nSPS) is 15.1. The molecule has 0 saturated heterocycles. The standard InChI is InChI=1S/C27H25N3O4/c1-16-5-4-8-21(26(16)33)27(34)28-18-10-12-19(13-11-18)30-22-14-9-17-6-2-3-7-20(17)25(22)29-23(31)15-24(30)32/h4-5,8-14,33H,2-3,6-7,15H2,1H3,(H,28,34)(H,29,31). The van der Waals surface area contributed by atoms with E-state index < -0.39 is 5.91 Å². The first kappa shape index (κ1) is 21.7. The van der Waals surface area contributed by atoms with Gasteiger partial charge in [0.1, 0.15) is 12.2 Å². The van der Waals surface area contributed by atoms with Crippen LogP contribution in [0.5, 0.6) is 5.75 Å². The number of carbonyl (C=O) groups excluding carboxylic acids is 3. The van der Waals surface area contributed by atoms with Crippen molar-refractivity contribution in [3.05, 3.63) is 76.9 Å². The van der Waals surface area contributed by atoms with Crippen LogP contribution < -0.4 is 15.5 Å². The second-order valence-electron chi connectivity index (χ2n) is 8.73. The second-order valence-corrected chi connectivity index (χ2v) is 8.73. The average Bonchev–Trinajstić information content (AvgIpc) is 2.96. The summed E-state index contributed by atoms with van der Waals surface area (Å²) in [5.74, 6) is -1.10. The number of amides is 3. The van der Waals surface area contributed by atoms with Gasteiger partial charge in [-0.2, -0.15) is 0 Å². The van der Waals surface area contributed by atoms with Crippen LogP contribution in [0, 0.1) is 6.92 Å². The maximum atomic E-state index is 13.0. The second kappa shape index (κ2) is 8.67. The van der Waals surface area contributed by atoms with Gasteiger partial charge in [0.2, 0.25) is 11.8 Å². The van der Waals surface area contributed by atoms with Gasteiger partial charge >= 0.3 is 0 Å². The third-order valence-corrected chi connectivity index (χ3v) is 6.44. The summed E-state index contributed by atoms with van der Waals surface area (Å²) in [6, 6.07) is 15.8. The van der Waals surface area contributed by atoms with E-state index in [2.05, 4.69) is 10.6 Å². The molecule has 3 amide bonds. The van der Waals surface area contributed by atoms with Gasteiger partial charge in [-0.1, -0.05) is 18.2 Å². The number of hydrogen-bond acceptors (Lipinski definition) is 4. The van der Waals surface area contributed by atoms with Crippen LogP contribution in [-0.2, 0) is 22.4 Å². The van der Waals surface area contributed by atoms with E-state index in [1.165, 1.54) is 5.56 Å². The van der Waals surface area contributed by atoms with E-state index in [1.54, 1.807) is 54.3 Å². The molecule has 2 aliphatic rings. The summed E-state index contributed by atoms with van der Waals surface area (Å²) < 4.78 is 0. The largest absolute Gasteiger partial charge is 0.507 e. The summed E-state index contributed by atoms with van der Waals surface area (Å²) in [6.45, 7) is 1.73. The van der Waals surface area contributed by atoms with Crippen LogP contribution in [0.1, 0.15) is 46.3 Å². The monoisotopic (exact) mass is 455 g/mol. The maximum Gasteiger partial charge on any atom is 0.259 e. The summed E-state index contributed by atoms with van der Waals surface area (Å²) in [6.07, 6.45) is 3.78. The molecule has 7 heteroatoms. The molecule has 0 atom stereocenters. The van der Waals surface area contributed by atoms with Gasteiger partial charge in [0.25, 0.3) is 5.91 Å². The van der Waals surface area contributed by atoms with Gasteiger partial charge in [-0.3, -0.25) is 19.3 Å². The van der Waals surface area contributed by atoms with Crippen molar-refractivity contribution in [2.75, 3.05) is 15.5 Å². The third-order valence-electron chi connectivity index (χ3n) is 6.44. The first-order chi connectivity index (χ1) is 16.4. The number of phenolic OH excluding ortho intramolecular Hbond substituents is 1. The van der Waals surface area contributed by atoms with E-state index in [-0.39, 0.29) is 29.5 Å². The Bertz CT molecular complexity index is 1310. The Kier molecular flexibility index (Phi) is 5.53. The number of aromatic hydroxyl groups is 1. The summed E-state index contributed by atoms with van der Waals surface area (Å²) in [7, 11) is 0. The molecule has 0 fully saturated rings. The summed E-state index contributed by atoms with van der Waals surface area (Å²) in [5.41, 5.74) is 5.66. The average molecular weight is 456 g/mol. The van der Waals surface area contributed by atoms with Crippen LogP contribution in [0.3, 0.4) is 0 Å². The highest BCUT2D eigenvalue weighted by atomic mass is 16.3. The quantitative estimate of drug-likeness (QED) is 0.492. The van der Waals surface area contributed by atoms with Gasteiger partial charge in [0.05, 0.1) is 16.9 Å². The molecule has 7 nitrogen and oxygen atoms in total. The van der Waals surface area contributed by atoms with Crippen molar-refractivity contribution in [3.8, 4) is 5.75 Å². The summed E-state index contributed by atoms with van der Waals surface area (Å²) >= 11 is 0. The molecule has 1 heterocycles. The Labute approximate surface area is 197 Å². The summed E-state index contributed by atoms with van der Waals surface area (Å²) in [5, 5.41) is 15.9. The fourth-order valence-electron chi connectivity index (χ4n) is 4.69. The first-order valence-electron chi connectivity index (χ1n) is 11.4. The maximum absolute atomic E-state index is 13.0. The Morgan fingerprint density at radius 1 is 1.00 bits per heavy atom. The fourth-order valence-corrected chi connectivity index (χ4v) is 4.69. The van der Waals surface area contributed by atoms with E-state index in [4.69, 9.17) is 0 Å². The number of fused-ring (bicyclic) bond motifs is 3. The molecule has 1 aliphatic carbocycles. The number of para-hydroxylation sites is 1. The smallest absolute Gasteiger partial charge is 0.259 e. The van der Waals surface area contributed by atoms with Crippen LogP contribution in [-0.4, -0.2) is 22.8 Å². The predicted molar refractivity (Wildman–Crippen MR) is 131 cm³/mol. The van der Waals surface area contributed by atoms with Gasteiger partial charge in [-0.15, -0.1) is 0 Å². The topological polar surface area (TPSA) is 98.7 Å². The number of nitrogens with one attached hydrogen (secondary N) is 2. The zero-order chi connectivity index (χ0) is 23.8. The number of carbonyl (C=O) groups is 3. The number of hydrogen-bond donors (Lipinski definition) is 3. The van der Waals surface area contributed by atoms with Gasteiger partial charge in [0.15, 0.2) is 0 Å². The van der Waals surface area contributed by atoms with Crippen molar-refractivity contribution in [2.45, 2.75) is 39.0 Å². The van der Waals surface area contributed by atoms with Crippen molar-refractivity contribution >= 4 is 40.5 Å². The molecule has 3 N–H and O–H groups in total. The number of benzene rings is 3. The molecule has 0 unspecified atom stereocenters. The van der Waals surface area contributed by atoms with Crippen molar-refractivity contribution in [2.24, 2.45) is 0 Å². The molecule has 1 aliphatic heterocycles. The van der Waals surface area contributed by atoms with Crippen molar-refractivity contribution in [1.82, 2.24) is 0 Å². The molecule has 0 aromatic heterocycles. The van der Waals surface area contributed by atoms with Crippen molar-refractivity contribution in [3.63, 3.8) is 0 Å². The van der Waals surface area contributed by atoms with Crippen LogP contribution in [0.4, 0.5) is 22.7 Å². The summed E-state index contributed by atoms with van der Waals surface area (Å²) in [4.78, 5) is 39.7. The van der Waals surface area contributed by atoms with Gasteiger partial charge in [0, 0.05) is 11.4 Å². The van der Waals surface area contributed by atoms with E-state index in [0.717, 1.165) is 36.9 Å². The molecule has 0 radical (unpaired) electrons. The van der Waals surface area contributed by atoms with Crippen LogP contribution in [0.25, 0.3) is 0 Å². The fraction of sp³-hybridized carbons (Fsp3) is 0.222. The highest BCUT2D eigenvalue weighted by Gasteiger charge is 2.30. The molecule has 3 aromatic carbocycles. The van der Waals surface area contributed by atoms with Crippen LogP contribution >= 0.6 is 0 Å². The first-order valence-corrected chi connectivity index (χ1v) is 11.4. The minimum absolute atomic E-state index is 0.0520. The van der Waals surface area contributed by atoms with Crippen LogP contribution in [0.2, 0.25) is 0 Å².